The van der Waals surface area contributed by atoms with Gasteiger partial charge < -0.3 is 4.90 Å². The third-order valence-corrected chi connectivity index (χ3v) is 6.95. The quantitative estimate of drug-likeness (QED) is 0.509. The lowest BCUT2D eigenvalue weighted by Gasteiger charge is -2.13. The van der Waals surface area contributed by atoms with E-state index in [0.29, 0.717) is 12.1 Å². The van der Waals surface area contributed by atoms with E-state index in [2.05, 4.69) is 25.1 Å². The number of carbonyl (C=O) groups excluding carboxylic acids is 1. The van der Waals surface area contributed by atoms with Crippen molar-refractivity contribution >= 4 is 32.4 Å². The maximum atomic E-state index is 12.3. The van der Waals surface area contributed by atoms with Crippen LogP contribution in [0.4, 0.5) is 5.13 Å². The lowest BCUT2D eigenvalue weighted by atomic mass is 10.1. The monoisotopic (exact) mass is 409 g/mol. The van der Waals surface area contributed by atoms with Gasteiger partial charge >= 0.3 is 0 Å². The van der Waals surface area contributed by atoms with E-state index in [0.717, 1.165) is 43.0 Å². The van der Waals surface area contributed by atoms with E-state index < -0.39 is 10.0 Å². The predicted molar refractivity (Wildman–Crippen MR) is 105 cm³/mol. The molecule has 3 rings (SSSR count). The Balaban J connectivity index is 1.53. The molecule has 2 heterocycles. The molecule has 1 aliphatic heterocycles. The minimum Gasteiger partial charge on any atom is -0.303 e. The topological polar surface area (TPSA) is 104 Å². The number of nitrogens with zero attached hydrogens (tertiary/aromatic N) is 3. The molecule has 1 aromatic carbocycles. The molecule has 0 radical (unpaired) electrons. The summed E-state index contributed by atoms with van der Waals surface area (Å²) < 4.78 is 27.0. The molecule has 2 N–H and O–H groups in total. The first-order valence-electron chi connectivity index (χ1n) is 8.87. The van der Waals surface area contributed by atoms with Gasteiger partial charge in [0.1, 0.15) is 0 Å². The Kier molecular flexibility index (Phi) is 6.53. The van der Waals surface area contributed by atoms with E-state index in [-0.39, 0.29) is 15.4 Å². The highest BCUT2D eigenvalue weighted by atomic mass is 32.2. The van der Waals surface area contributed by atoms with Crippen molar-refractivity contribution in [3.05, 3.63) is 35.4 Å². The number of anilines is 1. The average molecular weight is 410 g/mol. The number of nitrogens with one attached hydrogen (secondary N) is 2. The number of hydrogen-bond donors (Lipinski definition) is 2. The van der Waals surface area contributed by atoms with Crippen LogP contribution < -0.4 is 10.0 Å². The molecule has 146 valence electrons. The molecule has 0 atom stereocenters. The van der Waals surface area contributed by atoms with Crippen molar-refractivity contribution in [2.24, 2.45) is 0 Å². The zero-order chi connectivity index (χ0) is 19.3. The molecular formula is C17H23N5O3S2. The highest BCUT2D eigenvalue weighted by Gasteiger charge is 2.21. The summed E-state index contributed by atoms with van der Waals surface area (Å²) in [5, 5.41) is 10.2. The highest BCUT2D eigenvalue weighted by Crippen LogP contribution is 2.20. The second-order valence-corrected chi connectivity index (χ2v) is 9.41. The molecule has 0 saturated carbocycles. The van der Waals surface area contributed by atoms with Crippen LogP contribution in [-0.2, 0) is 10.0 Å². The predicted octanol–water partition coefficient (Wildman–Crippen LogP) is 1.86. The summed E-state index contributed by atoms with van der Waals surface area (Å²) in [7, 11) is -3.72. The minimum absolute atomic E-state index is 0.150. The molecule has 0 aliphatic carbocycles. The first-order valence-corrected chi connectivity index (χ1v) is 11.2. The Hall–Kier alpha value is -1.88. The van der Waals surface area contributed by atoms with Crippen LogP contribution in [0.25, 0.3) is 0 Å². The van der Waals surface area contributed by atoms with Gasteiger partial charge in [0.25, 0.3) is 15.9 Å². The second kappa shape index (κ2) is 8.87. The van der Waals surface area contributed by atoms with Gasteiger partial charge in [-0.2, -0.15) is 0 Å². The minimum atomic E-state index is -3.72. The van der Waals surface area contributed by atoms with Crippen molar-refractivity contribution in [2.45, 2.75) is 30.5 Å². The number of benzene rings is 1. The van der Waals surface area contributed by atoms with Crippen LogP contribution in [0, 0.1) is 6.92 Å². The van der Waals surface area contributed by atoms with E-state index in [9.17, 15) is 13.2 Å². The lowest BCUT2D eigenvalue weighted by molar-refractivity contribution is 0.102. The number of sulfonamides is 1. The fourth-order valence-electron chi connectivity index (χ4n) is 2.90. The maximum Gasteiger partial charge on any atom is 0.269 e. The van der Waals surface area contributed by atoms with E-state index in [4.69, 9.17) is 0 Å². The first-order chi connectivity index (χ1) is 12.9. The number of hydrogen-bond acceptors (Lipinski definition) is 7. The van der Waals surface area contributed by atoms with Crippen molar-refractivity contribution < 1.29 is 13.2 Å². The zero-order valence-corrected chi connectivity index (χ0v) is 16.8. The molecule has 27 heavy (non-hydrogen) atoms. The normalized spacial score (nSPS) is 15.1. The molecule has 10 heteroatoms. The zero-order valence-electron chi connectivity index (χ0n) is 15.1. The van der Waals surface area contributed by atoms with Crippen LogP contribution >= 0.6 is 11.3 Å². The van der Waals surface area contributed by atoms with Crippen molar-refractivity contribution in [3.63, 3.8) is 0 Å². The standard InChI is InChI=1S/C17H23N5O3S2/c1-13-6-4-7-14(12-13)15(23)19-16-20-21-17(26-16)27(24,25)18-8-5-11-22-9-2-3-10-22/h4,6-7,12,18H,2-3,5,8-11H2,1H3,(H,19,20,23). The largest absolute Gasteiger partial charge is 0.303 e. The molecule has 1 saturated heterocycles. The van der Waals surface area contributed by atoms with Crippen LogP contribution in [0.2, 0.25) is 0 Å². The van der Waals surface area contributed by atoms with Crippen molar-refractivity contribution in [1.82, 2.24) is 19.8 Å². The fraction of sp³-hybridized carbons (Fsp3) is 0.471. The number of aryl methyl sites for hydroxylation is 1. The summed E-state index contributed by atoms with van der Waals surface area (Å²) in [5.41, 5.74) is 1.44. The Bertz CT molecular complexity index is 891. The average Bonchev–Trinajstić information content (AvgIpc) is 3.31. The number of aromatic nitrogens is 2. The molecule has 0 unspecified atom stereocenters. The van der Waals surface area contributed by atoms with Gasteiger partial charge in [-0.25, -0.2) is 13.1 Å². The molecule has 2 aromatic rings. The molecule has 0 bridgehead atoms. The van der Waals surface area contributed by atoms with Gasteiger partial charge in [0, 0.05) is 12.1 Å². The summed E-state index contributed by atoms with van der Waals surface area (Å²) >= 11 is 0.835. The lowest BCUT2D eigenvalue weighted by Crippen LogP contribution is -2.28. The Morgan fingerprint density at radius 3 is 2.78 bits per heavy atom. The number of rotatable bonds is 8. The van der Waals surface area contributed by atoms with Crippen molar-refractivity contribution in [3.8, 4) is 0 Å². The third-order valence-electron chi connectivity index (χ3n) is 4.28. The molecule has 1 fully saturated rings. The molecule has 0 spiro atoms. The van der Waals surface area contributed by atoms with E-state index in [1.54, 1.807) is 18.2 Å². The molecule has 1 aromatic heterocycles. The smallest absolute Gasteiger partial charge is 0.269 e. The van der Waals surface area contributed by atoms with E-state index in [1.807, 2.05) is 13.0 Å². The summed E-state index contributed by atoms with van der Waals surface area (Å²) in [5.74, 6) is -0.350. The van der Waals surface area contributed by atoms with Crippen LogP contribution in [0.5, 0.6) is 0 Å². The van der Waals surface area contributed by atoms with Gasteiger partial charge in [-0.1, -0.05) is 29.0 Å². The van der Waals surface area contributed by atoms with Gasteiger partial charge in [0.05, 0.1) is 0 Å². The van der Waals surface area contributed by atoms with Crippen molar-refractivity contribution in [1.29, 1.82) is 0 Å². The van der Waals surface area contributed by atoms with Gasteiger partial charge in [0.15, 0.2) is 0 Å². The van der Waals surface area contributed by atoms with Crippen molar-refractivity contribution in [2.75, 3.05) is 31.5 Å². The Morgan fingerprint density at radius 1 is 1.26 bits per heavy atom. The molecule has 8 nitrogen and oxygen atoms in total. The molecule has 1 aliphatic rings. The SMILES string of the molecule is Cc1cccc(C(=O)Nc2nnc(S(=O)(=O)NCCCN3CCCC3)s2)c1. The van der Waals surface area contributed by atoms with E-state index in [1.165, 1.54) is 12.8 Å². The molecular weight excluding hydrogens is 386 g/mol. The summed E-state index contributed by atoms with van der Waals surface area (Å²) in [6.07, 6.45) is 3.18. The van der Waals surface area contributed by atoms with Gasteiger partial charge in [-0.15, -0.1) is 10.2 Å². The number of likely N-dealkylation sites (tertiary alicyclic amines) is 1. The second-order valence-electron chi connectivity index (χ2n) is 6.50. The third kappa shape index (κ3) is 5.55. The Labute approximate surface area is 163 Å². The van der Waals surface area contributed by atoms with E-state index >= 15 is 0 Å². The summed E-state index contributed by atoms with van der Waals surface area (Å²) in [4.78, 5) is 14.6. The number of amides is 1. The highest BCUT2D eigenvalue weighted by molar-refractivity contribution is 7.91. The summed E-state index contributed by atoms with van der Waals surface area (Å²) in [6, 6.07) is 7.10. The van der Waals surface area contributed by atoms with Crippen LogP contribution in [-0.4, -0.2) is 55.6 Å². The maximum absolute atomic E-state index is 12.3. The van der Waals surface area contributed by atoms with Crippen LogP contribution in [0.3, 0.4) is 0 Å². The van der Waals surface area contributed by atoms with Crippen LogP contribution in [0.1, 0.15) is 35.2 Å². The Morgan fingerprint density at radius 2 is 2.04 bits per heavy atom. The van der Waals surface area contributed by atoms with Crippen LogP contribution in [0.15, 0.2) is 28.6 Å². The van der Waals surface area contributed by atoms with Gasteiger partial charge in [-0.05, 0) is 58.0 Å². The molecule has 1 amide bonds. The first kappa shape index (κ1) is 19.9. The number of carbonyl (C=O) groups is 1. The van der Waals surface area contributed by atoms with Gasteiger partial charge in [0.2, 0.25) is 9.47 Å². The summed E-state index contributed by atoms with van der Waals surface area (Å²) in [6.45, 7) is 5.31. The fourth-order valence-corrected chi connectivity index (χ4v) is 4.91. The van der Waals surface area contributed by atoms with Gasteiger partial charge in [-0.3, -0.25) is 10.1 Å².